The number of nitrogens with one attached hydrogen (secondary N) is 1. The Morgan fingerprint density at radius 3 is 2.85 bits per heavy atom. The van der Waals surface area contributed by atoms with Gasteiger partial charge in [-0.1, -0.05) is 35.9 Å². The van der Waals surface area contributed by atoms with Gasteiger partial charge in [0.2, 0.25) is 0 Å². The van der Waals surface area contributed by atoms with Gasteiger partial charge in [-0.3, -0.25) is 4.79 Å². The molecule has 0 heterocycles. The number of fused-ring (bicyclic) bond motifs is 2. The molecular weight excluding hydrogens is 322 g/mol. The van der Waals surface area contributed by atoms with Gasteiger partial charge >= 0.3 is 5.97 Å². The fraction of sp³-hybridized carbons (Fsp3) is 0.609. The number of allylic oxidation sites excluding steroid dienone is 2. The van der Waals surface area contributed by atoms with Crippen LogP contribution in [0.25, 0.3) is 0 Å². The fourth-order valence-corrected chi connectivity index (χ4v) is 5.10. The van der Waals surface area contributed by atoms with Crippen LogP contribution >= 0.6 is 0 Å². The van der Waals surface area contributed by atoms with E-state index in [0.29, 0.717) is 5.92 Å². The predicted octanol–water partition coefficient (Wildman–Crippen LogP) is 4.87. The summed E-state index contributed by atoms with van der Waals surface area (Å²) in [6.45, 7) is 6.39. The summed E-state index contributed by atoms with van der Waals surface area (Å²) < 4.78 is 0. The smallest absolute Gasteiger partial charge is 0.303 e. The number of hydrogen-bond acceptors (Lipinski definition) is 2. The first-order valence-electron chi connectivity index (χ1n) is 10.2. The number of aryl methyl sites for hydroxylation is 2. The van der Waals surface area contributed by atoms with E-state index in [1.165, 1.54) is 36.0 Å². The van der Waals surface area contributed by atoms with Crippen LogP contribution in [0.3, 0.4) is 0 Å². The number of hydrogen-bond donors (Lipinski definition) is 2. The van der Waals surface area contributed by atoms with Gasteiger partial charge in [0.15, 0.2) is 0 Å². The predicted molar refractivity (Wildman–Crippen MR) is 106 cm³/mol. The Hall–Kier alpha value is -1.61. The summed E-state index contributed by atoms with van der Waals surface area (Å²) in [4.78, 5) is 10.6. The van der Waals surface area contributed by atoms with E-state index in [9.17, 15) is 4.79 Å². The summed E-state index contributed by atoms with van der Waals surface area (Å²) in [5.74, 6) is 2.47. The zero-order valence-corrected chi connectivity index (χ0v) is 16.2. The summed E-state index contributed by atoms with van der Waals surface area (Å²) in [5, 5.41) is 12.5. The molecule has 2 aliphatic rings. The van der Waals surface area contributed by atoms with Gasteiger partial charge in [-0.05, 0) is 87.3 Å². The first-order chi connectivity index (χ1) is 12.5. The maximum Gasteiger partial charge on any atom is 0.303 e. The molecule has 0 amide bonds. The summed E-state index contributed by atoms with van der Waals surface area (Å²) in [5.41, 5.74) is 4.10. The van der Waals surface area contributed by atoms with E-state index in [1.54, 1.807) is 0 Å². The van der Waals surface area contributed by atoms with E-state index in [2.05, 4.69) is 49.5 Å². The van der Waals surface area contributed by atoms with Crippen LogP contribution in [0.4, 0.5) is 0 Å². The SMILES string of the molecule is Cc1ccc(CNC[C@H]2[C@@H]3CC[C@@H](C3)[C@@H]2/C=C\CCCC(=O)O)c(C)c1. The third-order valence-electron chi connectivity index (χ3n) is 6.47. The first-order valence-corrected chi connectivity index (χ1v) is 10.2. The molecular formula is C23H33NO2. The molecule has 0 aromatic heterocycles. The lowest BCUT2D eigenvalue weighted by molar-refractivity contribution is -0.137. The number of aliphatic carboxylic acids is 1. The third-order valence-corrected chi connectivity index (χ3v) is 6.47. The van der Waals surface area contributed by atoms with E-state index < -0.39 is 5.97 Å². The highest BCUT2D eigenvalue weighted by Crippen LogP contribution is 2.52. The first kappa shape index (κ1) is 19.2. The van der Waals surface area contributed by atoms with Gasteiger partial charge in [-0.25, -0.2) is 0 Å². The molecule has 3 rings (SSSR count). The minimum atomic E-state index is -0.688. The average molecular weight is 356 g/mol. The Bertz CT molecular complexity index is 652. The minimum Gasteiger partial charge on any atom is -0.481 e. The number of rotatable bonds is 9. The van der Waals surface area contributed by atoms with Crippen molar-refractivity contribution in [3.05, 3.63) is 47.0 Å². The molecule has 0 saturated heterocycles. The Kier molecular flexibility index (Phi) is 6.53. The van der Waals surface area contributed by atoms with Crippen molar-refractivity contribution in [2.45, 2.75) is 58.9 Å². The van der Waals surface area contributed by atoms with Crippen LogP contribution in [0.2, 0.25) is 0 Å². The molecule has 2 fully saturated rings. The Morgan fingerprint density at radius 1 is 1.27 bits per heavy atom. The van der Waals surface area contributed by atoms with Gasteiger partial charge in [0.1, 0.15) is 0 Å². The van der Waals surface area contributed by atoms with E-state index in [4.69, 9.17) is 5.11 Å². The van der Waals surface area contributed by atoms with Gasteiger partial charge in [0.25, 0.3) is 0 Å². The van der Waals surface area contributed by atoms with Crippen molar-refractivity contribution in [1.82, 2.24) is 5.32 Å². The van der Waals surface area contributed by atoms with E-state index >= 15 is 0 Å². The van der Waals surface area contributed by atoms with Gasteiger partial charge in [0.05, 0.1) is 0 Å². The highest BCUT2D eigenvalue weighted by Gasteiger charge is 2.45. The molecule has 1 aromatic carbocycles. The van der Waals surface area contributed by atoms with Gasteiger partial charge < -0.3 is 10.4 Å². The van der Waals surface area contributed by atoms with Crippen LogP contribution in [0, 0.1) is 37.5 Å². The lowest BCUT2D eigenvalue weighted by atomic mass is 9.79. The largest absolute Gasteiger partial charge is 0.481 e. The number of unbranched alkanes of at least 4 members (excludes halogenated alkanes) is 1. The fourth-order valence-electron chi connectivity index (χ4n) is 5.10. The van der Waals surface area contributed by atoms with Crippen molar-refractivity contribution in [2.75, 3.05) is 6.54 Å². The normalized spacial score (nSPS) is 27.5. The number of carboxylic acids is 1. The monoisotopic (exact) mass is 355 g/mol. The molecule has 0 unspecified atom stereocenters. The van der Waals surface area contributed by atoms with Crippen molar-refractivity contribution < 1.29 is 9.90 Å². The summed E-state index contributed by atoms with van der Waals surface area (Å²) in [6, 6.07) is 6.71. The number of carbonyl (C=O) groups is 1. The second kappa shape index (κ2) is 8.85. The molecule has 142 valence electrons. The quantitative estimate of drug-likeness (QED) is 0.491. The second-order valence-corrected chi connectivity index (χ2v) is 8.35. The topological polar surface area (TPSA) is 49.3 Å². The third kappa shape index (κ3) is 4.76. The molecule has 0 aliphatic heterocycles. The molecule has 2 aliphatic carbocycles. The number of benzene rings is 1. The summed E-state index contributed by atoms with van der Waals surface area (Å²) in [7, 11) is 0. The standard InChI is InChI=1S/C23H33NO2/c1-16-8-9-20(17(2)12-16)14-24-15-22-19-11-10-18(13-19)21(22)6-4-3-5-7-23(25)26/h4,6,8-9,12,18-19,21-22,24H,3,5,7,10-11,13-15H2,1-2H3,(H,25,26)/b6-4-/t18-,19+,21-,22-/m0/s1. The zero-order chi connectivity index (χ0) is 18.5. The van der Waals surface area contributed by atoms with E-state index in [-0.39, 0.29) is 6.42 Å². The molecule has 3 nitrogen and oxygen atoms in total. The van der Waals surface area contributed by atoms with Crippen molar-refractivity contribution in [3.8, 4) is 0 Å². The second-order valence-electron chi connectivity index (χ2n) is 8.35. The molecule has 1 aromatic rings. The van der Waals surface area contributed by atoms with Crippen LogP contribution in [-0.4, -0.2) is 17.6 Å². The average Bonchev–Trinajstić information content (AvgIpc) is 3.18. The van der Waals surface area contributed by atoms with Crippen LogP contribution < -0.4 is 5.32 Å². The maximum atomic E-state index is 10.6. The minimum absolute atomic E-state index is 0.280. The van der Waals surface area contributed by atoms with Crippen molar-refractivity contribution in [1.29, 1.82) is 0 Å². The molecule has 3 heteroatoms. The van der Waals surface area contributed by atoms with Crippen LogP contribution in [0.1, 0.15) is 55.2 Å². The Labute approximate surface area is 157 Å². The lowest BCUT2D eigenvalue weighted by Gasteiger charge is -2.29. The summed E-state index contributed by atoms with van der Waals surface area (Å²) in [6.07, 6.45) is 10.7. The van der Waals surface area contributed by atoms with E-state index in [1.807, 2.05) is 0 Å². The van der Waals surface area contributed by atoms with Gasteiger partial charge in [-0.2, -0.15) is 0 Å². The summed E-state index contributed by atoms with van der Waals surface area (Å²) >= 11 is 0. The molecule has 0 radical (unpaired) electrons. The molecule has 2 saturated carbocycles. The maximum absolute atomic E-state index is 10.6. The number of carboxylic acid groups (broad SMARTS) is 1. The van der Waals surface area contributed by atoms with Gasteiger partial charge in [0, 0.05) is 13.0 Å². The molecule has 0 spiro atoms. The van der Waals surface area contributed by atoms with Crippen molar-refractivity contribution in [3.63, 3.8) is 0 Å². The molecule has 2 bridgehead atoms. The van der Waals surface area contributed by atoms with E-state index in [0.717, 1.165) is 43.7 Å². The zero-order valence-electron chi connectivity index (χ0n) is 16.2. The van der Waals surface area contributed by atoms with Crippen LogP contribution in [-0.2, 0) is 11.3 Å². The Balaban J connectivity index is 1.50. The van der Waals surface area contributed by atoms with Crippen LogP contribution in [0.15, 0.2) is 30.4 Å². The highest BCUT2D eigenvalue weighted by atomic mass is 16.4. The van der Waals surface area contributed by atoms with Gasteiger partial charge in [-0.15, -0.1) is 0 Å². The van der Waals surface area contributed by atoms with Crippen LogP contribution in [0.5, 0.6) is 0 Å². The molecule has 26 heavy (non-hydrogen) atoms. The Morgan fingerprint density at radius 2 is 2.08 bits per heavy atom. The van der Waals surface area contributed by atoms with Crippen molar-refractivity contribution >= 4 is 5.97 Å². The molecule has 4 atom stereocenters. The highest BCUT2D eigenvalue weighted by molar-refractivity contribution is 5.66. The lowest BCUT2D eigenvalue weighted by Crippen LogP contribution is -2.31. The molecule has 2 N–H and O–H groups in total. The van der Waals surface area contributed by atoms with Crippen molar-refractivity contribution in [2.24, 2.45) is 23.7 Å².